The monoisotopic (exact) mass is 368 g/mol. The number of nitrogen functional groups attached to an aromatic ring is 1. The topological polar surface area (TPSA) is 126 Å². The van der Waals surface area contributed by atoms with Crippen molar-refractivity contribution in [2.24, 2.45) is 0 Å². The third-order valence-electron chi connectivity index (χ3n) is 4.73. The van der Waals surface area contributed by atoms with Gasteiger partial charge in [-0.15, -0.1) is 0 Å². The van der Waals surface area contributed by atoms with Gasteiger partial charge in [-0.1, -0.05) is 42.5 Å². The number of nitrogens with two attached hydrogens (primary N) is 1. The quantitative estimate of drug-likeness (QED) is 0.532. The minimum Gasteiger partial charge on any atom is -0.394 e. The molecular weight excluding hydrogens is 348 g/mol. The van der Waals surface area contributed by atoms with Gasteiger partial charge in [-0.2, -0.15) is 5.10 Å². The highest BCUT2D eigenvalue weighted by Crippen LogP contribution is 2.36. The predicted octanol–water partition coefficient (Wildman–Crippen LogP) is 0.636. The molecule has 4 atom stereocenters. The molecule has 1 aliphatic heterocycles. The number of anilines is 1. The second-order valence-electron chi connectivity index (χ2n) is 6.43. The number of hydrogen-bond acceptors (Lipinski definition) is 7. The highest BCUT2D eigenvalue weighted by Gasteiger charge is 2.44. The number of benzene rings is 1. The molecule has 140 valence electrons. The summed E-state index contributed by atoms with van der Waals surface area (Å²) in [6, 6.07) is 11.6. The van der Waals surface area contributed by atoms with Crippen LogP contribution in [-0.2, 0) is 4.74 Å². The Kier molecular flexibility index (Phi) is 4.63. The Balaban J connectivity index is 1.79. The molecule has 3 aromatic rings. The van der Waals surface area contributed by atoms with Gasteiger partial charge >= 0.3 is 0 Å². The molecule has 8 nitrogen and oxygen atoms in total. The molecule has 1 aliphatic rings. The lowest BCUT2D eigenvalue weighted by atomic mass is 10.1. The van der Waals surface area contributed by atoms with Crippen molar-refractivity contribution in [3.63, 3.8) is 0 Å². The van der Waals surface area contributed by atoms with Gasteiger partial charge in [0.2, 0.25) is 0 Å². The van der Waals surface area contributed by atoms with Crippen molar-refractivity contribution in [2.75, 3.05) is 12.3 Å². The maximum Gasteiger partial charge on any atom is 0.151 e. The molecular formula is C19H20N4O4. The largest absolute Gasteiger partial charge is 0.394 e. The van der Waals surface area contributed by atoms with Crippen LogP contribution in [0.1, 0.15) is 22.9 Å². The average molecular weight is 368 g/mol. The van der Waals surface area contributed by atoms with E-state index in [0.29, 0.717) is 11.2 Å². The van der Waals surface area contributed by atoms with Crippen molar-refractivity contribution in [1.82, 2.24) is 14.6 Å². The van der Waals surface area contributed by atoms with E-state index in [0.717, 1.165) is 11.1 Å². The molecule has 1 saturated heterocycles. The predicted molar refractivity (Wildman–Crippen MR) is 99.5 cm³/mol. The molecule has 2 aromatic heterocycles. The van der Waals surface area contributed by atoms with Gasteiger partial charge in [0, 0.05) is 5.56 Å². The maximum absolute atomic E-state index is 10.4. The molecule has 1 aromatic carbocycles. The Hall–Kier alpha value is -2.78. The van der Waals surface area contributed by atoms with Crippen LogP contribution in [-0.4, -0.2) is 54.8 Å². The van der Waals surface area contributed by atoms with Crippen molar-refractivity contribution < 1.29 is 20.1 Å². The molecule has 5 N–H and O–H groups in total. The van der Waals surface area contributed by atoms with Crippen molar-refractivity contribution in [2.45, 2.75) is 24.4 Å². The summed E-state index contributed by atoms with van der Waals surface area (Å²) in [5.41, 5.74) is 8.93. The standard InChI is InChI=1S/C19H20N4O4/c20-19-15-12(7-6-11-4-2-1-3-5-11)8-13(23(15)22-10-21-19)18-17(26)16(25)14(9-24)27-18/h1-8,10,14,16-18,24-26H,9H2,(H2,20,21,22)/b7-6+/t14-,16-,17-,18+/m1/s1. The van der Waals surface area contributed by atoms with Crippen LogP contribution in [0.3, 0.4) is 0 Å². The van der Waals surface area contributed by atoms with E-state index in [1.165, 1.54) is 6.33 Å². The number of ether oxygens (including phenoxy) is 1. The van der Waals surface area contributed by atoms with Crippen LogP contribution in [0.15, 0.2) is 42.7 Å². The van der Waals surface area contributed by atoms with Crippen LogP contribution in [0.4, 0.5) is 5.82 Å². The first-order valence-electron chi connectivity index (χ1n) is 8.58. The lowest BCUT2D eigenvalue weighted by Gasteiger charge is -2.14. The Morgan fingerprint density at radius 3 is 2.63 bits per heavy atom. The molecule has 4 rings (SSSR count). The highest BCUT2D eigenvalue weighted by atomic mass is 16.6. The Morgan fingerprint density at radius 1 is 1.15 bits per heavy atom. The third kappa shape index (κ3) is 3.08. The Bertz CT molecular complexity index is 973. The fraction of sp³-hybridized carbons (Fsp3) is 0.263. The van der Waals surface area contributed by atoms with Crippen LogP contribution in [0, 0.1) is 0 Å². The second kappa shape index (κ2) is 7.09. The number of rotatable bonds is 4. The van der Waals surface area contributed by atoms with Crippen LogP contribution in [0.5, 0.6) is 0 Å². The molecule has 8 heteroatoms. The van der Waals surface area contributed by atoms with Crippen LogP contribution in [0.25, 0.3) is 17.7 Å². The fourth-order valence-electron chi connectivity index (χ4n) is 3.35. The SMILES string of the molecule is Nc1ncnn2c([C@@H]3O[C@H](CO)[C@@H](O)[C@H]3O)cc(/C=C/c3ccccc3)c12. The van der Waals surface area contributed by atoms with E-state index in [1.807, 2.05) is 42.5 Å². The summed E-state index contributed by atoms with van der Waals surface area (Å²) in [6.45, 7) is -0.393. The third-order valence-corrected chi connectivity index (χ3v) is 4.73. The number of aromatic nitrogens is 3. The zero-order chi connectivity index (χ0) is 19.0. The summed E-state index contributed by atoms with van der Waals surface area (Å²) in [5, 5.41) is 34.0. The summed E-state index contributed by atoms with van der Waals surface area (Å²) in [5.74, 6) is 0.288. The summed E-state index contributed by atoms with van der Waals surface area (Å²) in [4.78, 5) is 4.05. The Labute approximate surface area is 155 Å². The smallest absolute Gasteiger partial charge is 0.151 e. The molecule has 0 aliphatic carbocycles. The van der Waals surface area contributed by atoms with E-state index in [4.69, 9.17) is 10.5 Å². The van der Waals surface area contributed by atoms with Gasteiger partial charge < -0.3 is 25.8 Å². The lowest BCUT2D eigenvalue weighted by Crippen LogP contribution is -2.32. The van der Waals surface area contributed by atoms with Gasteiger partial charge in [0.15, 0.2) is 5.82 Å². The highest BCUT2D eigenvalue weighted by molar-refractivity contribution is 5.84. The van der Waals surface area contributed by atoms with Crippen molar-refractivity contribution in [3.05, 3.63) is 59.5 Å². The van der Waals surface area contributed by atoms with Gasteiger partial charge in [-0.3, -0.25) is 0 Å². The minimum atomic E-state index is -1.19. The van der Waals surface area contributed by atoms with Gasteiger partial charge in [0.05, 0.1) is 12.3 Å². The lowest BCUT2D eigenvalue weighted by molar-refractivity contribution is -0.0244. The van der Waals surface area contributed by atoms with Crippen LogP contribution >= 0.6 is 0 Å². The first-order chi connectivity index (χ1) is 13.1. The maximum atomic E-state index is 10.4. The van der Waals surface area contributed by atoms with Gasteiger partial charge in [0.1, 0.15) is 36.3 Å². The molecule has 1 fully saturated rings. The van der Waals surface area contributed by atoms with Crippen molar-refractivity contribution >= 4 is 23.5 Å². The van der Waals surface area contributed by atoms with Crippen molar-refractivity contribution in [3.8, 4) is 0 Å². The summed E-state index contributed by atoms with van der Waals surface area (Å²) >= 11 is 0. The van der Waals surface area contributed by atoms with Gasteiger partial charge in [-0.25, -0.2) is 9.50 Å². The normalized spacial score (nSPS) is 25.6. The molecule has 0 saturated carbocycles. The summed E-state index contributed by atoms with van der Waals surface area (Å²) in [6.07, 6.45) is 1.04. The van der Waals surface area contributed by atoms with E-state index in [-0.39, 0.29) is 5.82 Å². The first kappa shape index (κ1) is 17.6. The molecule has 0 spiro atoms. The van der Waals surface area contributed by atoms with Crippen molar-refractivity contribution in [1.29, 1.82) is 0 Å². The number of fused-ring (bicyclic) bond motifs is 1. The average Bonchev–Trinajstić information content (AvgIpc) is 3.20. The van der Waals surface area contributed by atoms with E-state index >= 15 is 0 Å². The second-order valence-corrected chi connectivity index (χ2v) is 6.43. The molecule has 27 heavy (non-hydrogen) atoms. The van der Waals surface area contributed by atoms with E-state index in [9.17, 15) is 15.3 Å². The fourth-order valence-corrected chi connectivity index (χ4v) is 3.35. The molecule has 0 unspecified atom stereocenters. The zero-order valence-corrected chi connectivity index (χ0v) is 14.4. The number of hydrogen-bond donors (Lipinski definition) is 4. The molecule has 0 radical (unpaired) electrons. The van der Waals surface area contributed by atoms with Crippen LogP contribution in [0.2, 0.25) is 0 Å². The first-order valence-corrected chi connectivity index (χ1v) is 8.58. The number of nitrogens with zero attached hydrogens (tertiary/aromatic N) is 3. The molecule has 0 bridgehead atoms. The van der Waals surface area contributed by atoms with E-state index in [1.54, 1.807) is 10.6 Å². The van der Waals surface area contributed by atoms with Crippen LogP contribution < -0.4 is 5.73 Å². The van der Waals surface area contributed by atoms with Gasteiger partial charge in [0.25, 0.3) is 0 Å². The number of aliphatic hydroxyl groups excluding tert-OH is 3. The van der Waals surface area contributed by atoms with E-state index in [2.05, 4.69) is 10.1 Å². The summed E-state index contributed by atoms with van der Waals surface area (Å²) < 4.78 is 7.20. The molecule has 0 amide bonds. The van der Waals surface area contributed by atoms with E-state index < -0.39 is 31.0 Å². The zero-order valence-electron chi connectivity index (χ0n) is 14.4. The summed E-state index contributed by atoms with van der Waals surface area (Å²) in [7, 11) is 0. The Morgan fingerprint density at radius 2 is 1.93 bits per heavy atom. The van der Waals surface area contributed by atoms with Gasteiger partial charge in [-0.05, 0) is 11.6 Å². The molecule has 3 heterocycles. The number of aliphatic hydroxyl groups is 3. The minimum absolute atomic E-state index is 0.288.